The molecule has 1 aliphatic heterocycles. The Kier molecular flexibility index (Phi) is 4.38. The van der Waals surface area contributed by atoms with E-state index < -0.39 is 0 Å². The number of halogens is 2. The number of carbonyl (C=O) groups excluding carboxylic acids is 1. The molecule has 0 radical (unpaired) electrons. The van der Waals surface area contributed by atoms with Gasteiger partial charge in [0.1, 0.15) is 5.37 Å². The highest BCUT2D eigenvalue weighted by atomic mass is 35.5. The predicted octanol–water partition coefficient (Wildman–Crippen LogP) is 4.16. The van der Waals surface area contributed by atoms with Gasteiger partial charge in [0.25, 0.3) is 0 Å². The molecule has 1 saturated heterocycles. The normalized spacial score (nSPS) is 18.3. The maximum absolute atomic E-state index is 12.2. The van der Waals surface area contributed by atoms with Gasteiger partial charge in [0.05, 0.1) is 5.75 Å². The van der Waals surface area contributed by atoms with E-state index in [0.717, 1.165) is 11.1 Å². The molecule has 1 amide bonds. The zero-order valence-corrected chi connectivity index (χ0v) is 13.3. The van der Waals surface area contributed by atoms with Crippen molar-refractivity contribution >= 4 is 40.9 Å². The van der Waals surface area contributed by atoms with Crippen LogP contribution < -0.4 is 0 Å². The largest absolute Gasteiger partial charge is 0.321 e. The lowest BCUT2D eigenvalue weighted by atomic mass is 10.2. The van der Waals surface area contributed by atoms with Gasteiger partial charge in [-0.15, -0.1) is 11.8 Å². The lowest BCUT2D eigenvalue weighted by Gasteiger charge is -2.24. The minimum atomic E-state index is -0.0158. The van der Waals surface area contributed by atoms with E-state index in [-0.39, 0.29) is 11.3 Å². The third-order valence-corrected chi connectivity index (χ3v) is 5.14. The van der Waals surface area contributed by atoms with Gasteiger partial charge >= 0.3 is 0 Å². The number of thioether (sulfide) groups is 1. The Morgan fingerprint density at radius 3 is 2.90 bits per heavy atom. The number of amides is 1. The average Bonchev–Trinajstić information content (AvgIpc) is 2.84. The number of rotatable bonds is 3. The summed E-state index contributed by atoms with van der Waals surface area (Å²) in [6.07, 6.45) is 3.53. The molecule has 2 aromatic rings. The van der Waals surface area contributed by atoms with Gasteiger partial charge in [-0.05, 0) is 23.8 Å². The zero-order chi connectivity index (χ0) is 14.8. The van der Waals surface area contributed by atoms with Gasteiger partial charge in [-0.3, -0.25) is 9.78 Å². The molecule has 0 aliphatic carbocycles. The quantitative estimate of drug-likeness (QED) is 0.842. The molecule has 1 atom stereocenters. The van der Waals surface area contributed by atoms with Crippen molar-refractivity contribution < 1.29 is 4.79 Å². The van der Waals surface area contributed by atoms with Crippen LogP contribution >= 0.6 is 35.0 Å². The fourth-order valence-corrected chi connectivity index (χ4v) is 3.90. The highest BCUT2D eigenvalue weighted by Crippen LogP contribution is 2.39. The van der Waals surface area contributed by atoms with Crippen molar-refractivity contribution in [2.75, 3.05) is 5.75 Å². The first-order valence-electron chi connectivity index (χ1n) is 6.40. The van der Waals surface area contributed by atoms with E-state index in [1.54, 1.807) is 36.3 Å². The lowest BCUT2D eigenvalue weighted by molar-refractivity contribution is -0.128. The molecule has 21 heavy (non-hydrogen) atoms. The molecule has 2 heterocycles. The molecule has 0 saturated carbocycles. The van der Waals surface area contributed by atoms with E-state index in [0.29, 0.717) is 22.3 Å². The molecule has 1 fully saturated rings. The molecule has 3 nitrogen and oxygen atoms in total. The van der Waals surface area contributed by atoms with E-state index in [9.17, 15) is 4.79 Å². The van der Waals surface area contributed by atoms with Gasteiger partial charge in [0.2, 0.25) is 5.91 Å². The Morgan fingerprint density at radius 2 is 2.19 bits per heavy atom. The van der Waals surface area contributed by atoms with E-state index in [1.807, 2.05) is 23.1 Å². The first kappa shape index (κ1) is 14.7. The van der Waals surface area contributed by atoms with Crippen LogP contribution in [0.1, 0.15) is 16.5 Å². The smallest absolute Gasteiger partial charge is 0.234 e. The first-order valence-corrected chi connectivity index (χ1v) is 8.20. The second-order valence-electron chi connectivity index (χ2n) is 4.71. The summed E-state index contributed by atoms with van der Waals surface area (Å²) in [4.78, 5) is 18.1. The fourth-order valence-electron chi connectivity index (χ4n) is 2.26. The molecule has 0 unspecified atom stereocenters. The van der Waals surface area contributed by atoms with E-state index in [2.05, 4.69) is 4.98 Å². The summed E-state index contributed by atoms with van der Waals surface area (Å²) in [7, 11) is 0. The number of carbonyl (C=O) groups is 1. The Labute approximate surface area is 137 Å². The average molecular weight is 339 g/mol. The zero-order valence-electron chi connectivity index (χ0n) is 11.0. The van der Waals surface area contributed by atoms with Crippen molar-refractivity contribution in [1.29, 1.82) is 0 Å². The van der Waals surface area contributed by atoms with Crippen LogP contribution in [0.4, 0.5) is 0 Å². The van der Waals surface area contributed by atoms with Crippen LogP contribution in [0.15, 0.2) is 42.7 Å². The number of pyridine rings is 1. The predicted molar refractivity (Wildman–Crippen MR) is 86.4 cm³/mol. The topological polar surface area (TPSA) is 33.2 Å². The van der Waals surface area contributed by atoms with Gasteiger partial charge in [0.15, 0.2) is 0 Å². The van der Waals surface area contributed by atoms with E-state index in [1.165, 1.54) is 0 Å². The molecular weight excluding hydrogens is 327 g/mol. The Bertz CT molecular complexity index is 666. The lowest BCUT2D eigenvalue weighted by Crippen LogP contribution is -2.27. The van der Waals surface area contributed by atoms with Crippen LogP contribution in [-0.2, 0) is 11.3 Å². The van der Waals surface area contributed by atoms with Crippen molar-refractivity contribution in [2.24, 2.45) is 0 Å². The van der Waals surface area contributed by atoms with Crippen LogP contribution in [0.25, 0.3) is 0 Å². The third kappa shape index (κ3) is 3.18. The van der Waals surface area contributed by atoms with Crippen molar-refractivity contribution in [3.8, 4) is 0 Å². The van der Waals surface area contributed by atoms with Crippen molar-refractivity contribution in [3.05, 3.63) is 63.9 Å². The Hall–Kier alpha value is -1.23. The number of aromatic nitrogens is 1. The van der Waals surface area contributed by atoms with Gasteiger partial charge in [-0.1, -0.05) is 35.3 Å². The second kappa shape index (κ2) is 6.26. The van der Waals surface area contributed by atoms with Crippen LogP contribution in [0, 0.1) is 0 Å². The monoisotopic (exact) mass is 338 g/mol. The summed E-state index contributed by atoms with van der Waals surface area (Å²) in [5.41, 5.74) is 1.92. The van der Waals surface area contributed by atoms with Gasteiger partial charge in [-0.2, -0.15) is 0 Å². The molecule has 108 valence electrons. The van der Waals surface area contributed by atoms with Crippen LogP contribution in [0.5, 0.6) is 0 Å². The Morgan fingerprint density at radius 1 is 1.33 bits per heavy atom. The SMILES string of the molecule is O=C1CS[C@@H](c2cccnc2)N1Cc1ccc(Cl)cc1Cl. The molecule has 1 aliphatic rings. The molecule has 1 aromatic carbocycles. The first-order chi connectivity index (χ1) is 10.1. The number of hydrogen-bond acceptors (Lipinski definition) is 3. The van der Waals surface area contributed by atoms with Gasteiger partial charge < -0.3 is 4.90 Å². The van der Waals surface area contributed by atoms with E-state index >= 15 is 0 Å². The minimum absolute atomic E-state index is 0.0158. The van der Waals surface area contributed by atoms with Crippen LogP contribution in [-0.4, -0.2) is 21.5 Å². The fraction of sp³-hybridized carbons (Fsp3) is 0.200. The highest BCUT2D eigenvalue weighted by Gasteiger charge is 2.33. The summed E-state index contributed by atoms with van der Waals surface area (Å²) in [6, 6.07) is 9.22. The highest BCUT2D eigenvalue weighted by molar-refractivity contribution is 8.00. The number of benzene rings is 1. The molecule has 0 bridgehead atoms. The summed E-state index contributed by atoms with van der Waals surface area (Å²) in [5, 5.41) is 1.16. The molecule has 0 N–H and O–H groups in total. The molecule has 0 spiro atoms. The van der Waals surface area contributed by atoms with Crippen LogP contribution in [0.3, 0.4) is 0 Å². The standard InChI is InChI=1S/C15H12Cl2N2OS/c16-12-4-3-11(13(17)6-12)8-19-14(20)9-21-15(19)10-2-1-5-18-7-10/h1-7,15H,8-9H2/t15-/m0/s1. The molecular formula is C15H12Cl2N2OS. The van der Waals surface area contributed by atoms with Crippen molar-refractivity contribution in [3.63, 3.8) is 0 Å². The van der Waals surface area contributed by atoms with Gasteiger partial charge in [0, 0.05) is 34.5 Å². The van der Waals surface area contributed by atoms with Crippen molar-refractivity contribution in [2.45, 2.75) is 11.9 Å². The Balaban J connectivity index is 1.86. The maximum Gasteiger partial charge on any atom is 0.234 e. The van der Waals surface area contributed by atoms with E-state index in [4.69, 9.17) is 23.2 Å². The summed E-state index contributed by atoms with van der Waals surface area (Å²) in [5.74, 6) is 0.588. The molecule has 6 heteroatoms. The number of hydrogen-bond donors (Lipinski definition) is 0. The van der Waals surface area contributed by atoms with Crippen LogP contribution in [0.2, 0.25) is 10.0 Å². The molecule has 3 rings (SSSR count). The summed E-state index contributed by atoms with van der Waals surface area (Å²) in [6.45, 7) is 0.474. The summed E-state index contributed by atoms with van der Waals surface area (Å²) < 4.78 is 0. The molecule has 1 aromatic heterocycles. The van der Waals surface area contributed by atoms with Crippen molar-refractivity contribution in [1.82, 2.24) is 9.88 Å². The second-order valence-corrected chi connectivity index (χ2v) is 6.62. The third-order valence-electron chi connectivity index (χ3n) is 3.29. The minimum Gasteiger partial charge on any atom is -0.321 e. The van der Waals surface area contributed by atoms with Gasteiger partial charge in [-0.25, -0.2) is 0 Å². The maximum atomic E-state index is 12.2. The summed E-state index contributed by atoms with van der Waals surface area (Å²) >= 11 is 13.7. The number of nitrogens with zero attached hydrogens (tertiary/aromatic N) is 2.